The summed E-state index contributed by atoms with van der Waals surface area (Å²) in [6.07, 6.45) is 3.87. The molecule has 0 aliphatic carbocycles. The van der Waals surface area contributed by atoms with Crippen molar-refractivity contribution in [3.63, 3.8) is 0 Å². The number of benzene rings is 7. The van der Waals surface area contributed by atoms with Crippen LogP contribution in [-0.2, 0) is 91.3 Å². The summed E-state index contributed by atoms with van der Waals surface area (Å²) < 4.78 is 0. The molecule has 0 unspecified atom stereocenters. The Morgan fingerprint density at radius 2 is 0.743 bits per heavy atom. The van der Waals surface area contributed by atoms with E-state index in [1.807, 2.05) is 127 Å². The number of hydrogen-bond donors (Lipinski definition) is 10. The van der Waals surface area contributed by atoms with Crippen LogP contribution in [0, 0.1) is 5.92 Å². The molecule has 0 spiro atoms. The molecule has 7 aromatic carbocycles. The number of ketones is 2. The molecule has 22 nitrogen and oxygen atoms in total. The number of carbonyl (C=O) groups is 11. The fraction of sp³-hybridized carbons (Fsp3) is 0.227. The molecule has 4 aromatic heterocycles. The highest BCUT2D eigenvalue weighted by Gasteiger charge is 2.29. The van der Waals surface area contributed by atoms with Crippen LogP contribution >= 0.6 is 34.0 Å². The van der Waals surface area contributed by atoms with Crippen molar-refractivity contribution in [3.05, 3.63) is 268 Å². The van der Waals surface area contributed by atoms with E-state index in [2.05, 4.69) is 96.7 Å². The summed E-state index contributed by atoms with van der Waals surface area (Å²) in [5.74, 6) is -8.22. The van der Waals surface area contributed by atoms with Crippen LogP contribution in [0.4, 0.5) is 0 Å². The van der Waals surface area contributed by atoms with Gasteiger partial charge in [0.15, 0.2) is 11.6 Å². The van der Waals surface area contributed by atoms with E-state index in [9.17, 15) is 52.7 Å². The first-order valence-corrected chi connectivity index (χ1v) is 39.3. The number of nitrogens with zero attached hydrogens (tertiary/aromatic N) is 1. The molecular formula is C88H87N7O15S3. The lowest BCUT2D eigenvalue weighted by Gasteiger charge is -2.20. The van der Waals surface area contributed by atoms with Gasteiger partial charge in [0.25, 0.3) is 0 Å². The molecule has 0 saturated heterocycles. The van der Waals surface area contributed by atoms with Gasteiger partial charge in [-0.15, -0.1) is 34.0 Å². The SMILES string of the molecule is NC(=O)[C@H](CCC(=O)O)CC(=O)[C@H](Cc1cnc[nH]1)NC(=O)CCc1ccc(-c2cc(-c3ccccc3)cs2)cc1.NC(=O)[C@H](CCC(=O)O)NC(=O)CCc1ccc(-c2cc(-c3ccccc3)cs2)cc1.O=C(O)CC[C@H](NC(=O)CCc1ccc(-c2cc(-c3ccccc3)cs2)cc1)C(=O)Cc1cccc(CC(=O)O)c1. The number of hydrogen-bond acceptors (Lipinski definition) is 15. The second-order valence-corrected chi connectivity index (χ2v) is 29.7. The van der Waals surface area contributed by atoms with E-state index in [1.165, 1.54) is 44.6 Å². The lowest BCUT2D eigenvalue weighted by molar-refractivity contribution is -0.139. The summed E-state index contributed by atoms with van der Waals surface area (Å²) in [7, 11) is 0. The average molecular weight is 1580 g/mol. The van der Waals surface area contributed by atoms with Crippen LogP contribution in [0.5, 0.6) is 0 Å². The Hall–Kier alpha value is -12.6. The first-order valence-electron chi connectivity index (χ1n) is 36.6. The van der Waals surface area contributed by atoms with Crippen molar-refractivity contribution in [2.75, 3.05) is 0 Å². The van der Waals surface area contributed by atoms with Gasteiger partial charge >= 0.3 is 23.9 Å². The quantitative estimate of drug-likeness (QED) is 0.0171. The Labute approximate surface area is 665 Å². The number of H-pyrrole nitrogens is 1. The summed E-state index contributed by atoms with van der Waals surface area (Å²) >= 11 is 5.05. The van der Waals surface area contributed by atoms with Crippen LogP contribution in [0.1, 0.15) is 97.7 Å². The first kappa shape index (κ1) is 84.4. The van der Waals surface area contributed by atoms with Crippen LogP contribution in [0.2, 0.25) is 0 Å². The van der Waals surface area contributed by atoms with Crippen LogP contribution in [0.15, 0.2) is 235 Å². The summed E-state index contributed by atoms with van der Waals surface area (Å²) in [6.45, 7) is 0. The standard InChI is InChI=1S/C33H31NO6S.C31H32N4O5S.C24H24N2O4S/c35-29(18-23-5-4-6-24(17-23)19-33(39)40)28(14-16-32(37)38)34-31(36)15-11-22-9-12-26(13-10-22)30-20-27(21-41-30)25-7-2-1-3-8-25;32-31(40)23(11-13-30(38)39)14-27(36)26(16-25-17-33-19-34-25)35-29(37)12-8-20-6-9-22(10-7-20)28-15-24(18-41-28)21-4-2-1-3-5-21;25-24(30)20(11-13-23(28)29)26-22(27)12-8-16-6-9-18(10-7-16)21-14-19(15-31-21)17-4-2-1-3-5-17/h1-10,12-13,17,20-21,28H,11,14-16,18-19H2,(H,34,36)(H,37,38)(H,39,40);1-7,9-10,15,17-19,23,26H,8,11-14,16H2,(H2,32,40)(H,33,34)(H,35,37)(H,38,39);1-7,9-10,14-15,20H,8,11-13H2,(H2,25,30)(H,26,27)(H,28,29)/t28-;23-,26+;20-/m010/s1. The van der Waals surface area contributed by atoms with Crippen molar-refractivity contribution in [3.8, 4) is 64.7 Å². The average Bonchev–Trinajstić information content (AvgIpc) is 1.72. The number of aliphatic carboxylic acids is 4. The highest BCUT2D eigenvalue weighted by Crippen LogP contribution is 2.36. The Morgan fingerprint density at radius 3 is 1.12 bits per heavy atom. The van der Waals surface area contributed by atoms with Gasteiger partial charge in [-0.25, -0.2) is 4.98 Å². The molecule has 11 rings (SSSR count). The normalized spacial score (nSPS) is 11.9. The Morgan fingerprint density at radius 1 is 0.363 bits per heavy atom. The third kappa shape index (κ3) is 28.0. The Balaban J connectivity index is 0.000000197. The van der Waals surface area contributed by atoms with Crippen LogP contribution in [-0.4, -0.2) is 113 Å². The van der Waals surface area contributed by atoms with E-state index in [0.29, 0.717) is 36.1 Å². The number of nitrogens with two attached hydrogens (primary N) is 2. The molecule has 0 radical (unpaired) electrons. The van der Waals surface area contributed by atoms with Gasteiger partial charge in [0, 0.05) is 90.2 Å². The van der Waals surface area contributed by atoms with E-state index in [0.717, 1.165) is 43.1 Å². The minimum absolute atomic E-state index is 0.0170. The molecule has 0 fully saturated rings. The predicted molar refractivity (Wildman–Crippen MR) is 437 cm³/mol. The van der Waals surface area contributed by atoms with Crippen molar-refractivity contribution in [1.82, 2.24) is 25.9 Å². The zero-order chi connectivity index (χ0) is 80.6. The van der Waals surface area contributed by atoms with Crippen LogP contribution < -0.4 is 27.4 Å². The fourth-order valence-corrected chi connectivity index (χ4v) is 15.0. The molecule has 0 aliphatic rings. The minimum atomic E-state index is -1.08. The van der Waals surface area contributed by atoms with Gasteiger partial charge in [-0.1, -0.05) is 188 Å². The van der Waals surface area contributed by atoms with E-state index < -0.39 is 65.5 Å². The highest BCUT2D eigenvalue weighted by atomic mass is 32.1. The second-order valence-electron chi connectivity index (χ2n) is 26.9. The van der Waals surface area contributed by atoms with Gasteiger partial charge in [0.05, 0.1) is 24.8 Å². The Bertz CT molecular complexity index is 5010. The number of carboxylic acids is 4. The van der Waals surface area contributed by atoms with Crippen LogP contribution in [0.25, 0.3) is 64.7 Å². The predicted octanol–water partition coefficient (Wildman–Crippen LogP) is 14.0. The van der Waals surface area contributed by atoms with Gasteiger partial charge in [-0.05, 0) is 151 Å². The number of amides is 5. The molecule has 25 heteroatoms. The van der Waals surface area contributed by atoms with Gasteiger partial charge in [-0.3, -0.25) is 52.7 Å². The van der Waals surface area contributed by atoms with E-state index in [1.54, 1.807) is 64.5 Å². The molecule has 12 N–H and O–H groups in total. The number of carboxylic acid groups (broad SMARTS) is 4. The number of Topliss-reactive ketones (excluding diaryl/α,β-unsaturated/α-hetero) is 2. The van der Waals surface area contributed by atoms with E-state index in [-0.39, 0.29) is 107 Å². The van der Waals surface area contributed by atoms with Crippen molar-refractivity contribution >= 4 is 99.0 Å². The molecule has 4 heterocycles. The number of aromatic nitrogens is 2. The first-order chi connectivity index (χ1) is 54.5. The molecule has 11 aromatic rings. The number of imidazole rings is 1. The summed E-state index contributed by atoms with van der Waals surface area (Å²) in [6, 6.07) is 65.2. The fourth-order valence-electron chi connectivity index (χ4n) is 12.3. The molecule has 582 valence electrons. The maximum Gasteiger partial charge on any atom is 0.307 e. The van der Waals surface area contributed by atoms with E-state index >= 15 is 0 Å². The number of thiophene rings is 3. The second kappa shape index (κ2) is 43.1. The maximum atomic E-state index is 13.1. The lowest BCUT2D eigenvalue weighted by Crippen LogP contribution is -2.44. The van der Waals surface area contributed by atoms with E-state index in [4.69, 9.17) is 31.9 Å². The number of carbonyl (C=O) groups excluding carboxylic acids is 7. The van der Waals surface area contributed by atoms with Gasteiger partial charge in [0.1, 0.15) is 6.04 Å². The third-order valence-corrected chi connectivity index (χ3v) is 21.4. The summed E-state index contributed by atoms with van der Waals surface area (Å²) in [5.41, 5.74) is 25.8. The van der Waals surface area contributed by atoms with Gasteiger partial charge < -0.3 is 52.8 Å². The van der Waals surface area contributed by atoms with Crippen molar-refractivity contribution in [2.24, 2.45) is 17.4 Å². The van der Waals surface area contributed by atoms with Gasteiger partial charge in [-0.2, -0.15) is 0 Å². The maximum absolute atomic E-state index is 13.1. The Kier molecular flexibility index (Phi) is 32.2. The number of aryl methyl sites for hydroxylation is 3. The highest BCUT2D eigenvalue weighted by molar-refractivity contribution is 7.14. The van der Waals surface area contributed by atoms with Gasteiger partial charge in [0.2, 0.25) is 29.5 Å². The third-order valence-electron chi connectivity index (χ3n) is 18.4. The molecular weight excluding hydrogens is 1490 g/mol. The number of nitrogens with one attached hydrogen (secondary N) is 4. The minimum Gasteiger partial charge on any atom is -0.481 e. The number of aromatic amines is 1. The largest absolute Gasteiger partial charge is 0.481 e. The topological polar surface area (TPSA) is 386 Å². The molecule has 0 aliphatic heterocycles. The number of rotatable bonds is 39. The summed E-state index contributed by atoms with van der Waals surface area (Å²) in [4.78, 5) is 141. The molecule has 5 amide bonds. The smallest absolute Gasteiger partial charge is 0.307 e. The zero-order valence-corrected chi connectivity index (χ0v) is 64.2. The molecule has 0 saturated carbocycles. The van der Waals surface area contributed by atoms with Crippen molar-refractivity contribution in [2.45, 2.75) is 121 Å². The molecule has 113 heavy (non-hydrogen) atoms. The zero-order valence-electron chi connectivity index (χ0n) is 61.7. The van der Waals surface area contributed by atoms with Crippen molar-refractivity contribution < 1.29 is 73.2 Å². The molecule has 0 bridgehead atoms. The number of primary amides is 2. The summed E-state index contributed by atoms with van der Waals surface area (Å²) in [5, 5.41) is 50.3. The molecule has 4 atom stereocenters. The van der Waals surface area contributed by atoms with Crippen LogP contribution in [0.3, 0.4) is 0 Å². The monoisotopic (exact) mass is 1580 g/mol. The lowest BCUT2D eigenvalue weighted by atomic mass is 9.92. The van der Waals surface area contributed by atoms with Crippen molar-refractivity contribution in [1.29, 1.82) is 0 Å².